The molecule has 0 heterocycles. The van der Waals surface area contributed by atoms with Crippen LogP contribution in [0.3, 0.4) is 0 Å². The predicted octanol–water partition coefficient (Wildman–Crippen LogP) is 3.10. The zero-order chi connectivity index (χ0) is 9.68. The van der Waals surface area contributed by atoms with E-state index in [1.807, 2.05) is 6.07 Å². The van der Waals surface area contributed by atoms with E-state index in [0.717, 1.165) is 5.56 Å². The van der Waals surface area contributed by atoms with Crippen molar-refractivity contribution in [2.75, 3.05) is 12.4 Å². The Bertz CT molecular complexity index is 352. The van der Waals surface area contributed by atoms with E-state index in [4.69, 9.17) is 16.3 Å². The average Bonchev–Trinajstić information content (AvgIpc) is 2.16. The second-order valence-electron chi connectivity index (χ2n) is 2.28. The number of benzene rings is 1. The first kappa shape index (κ1) is 10.4. The van der Waals surface area contributed by atoms with Crippen LogP contribution in [0.2, 0.25) is 5.02 Å². The highest BCUT2D eigenvalue weighted by molar-refractivity contribution is 9.09. The van der Waals surface area contributed by atoms with Crippen molar-refractivity contribution < 1.29 is 4.74 Å². The fraction of sp³-hybridized carbons (Fsp3) is 0.200. The molecule has 0 radical (unpaired) electrons. The molecule has 13 heavy (non-hydrogen) atoms. The van der Waals surface area contributed by atoms with Crippen LogP contribution in [0.15, 0.2) is 18.2 Å². The van der Waals surface area contributed by atoms with Crippen LogP contribution in [0.1, 0.15) is 5.56 Å². The van der Waals surface area contributed by atoms with Gasteiger partial charge in [0.15, 0.2) is 0 Å². The minimum Gasteiger partial charge on any atom is -0.495 e. The first-order chi connectivity index (χ1) is 6.27. The summed E-state index contributed by atoms with van der Waals surface area (Å²) >= 11 is 9.02. The molecule has 1 nitrogen and oxygen atoms in total. The van der Waals surface area contributed by atoms with E-state index in [1.54, 1.807) is 19.2 Å². The molecule has 0 aliphatic rings. The Morgan fingerprint density at radius 1 is 1.54 bits per heavy atom. The number of hydrogen-bond acceptors (Lipinski definition) is 1. The summed E-state index contributed by atoms with van der Waals surface area (Å²) in [6.45, 7) is 0. The van der Waals surface area contributed by atoms with Gasteiger partial charge in [-0.3, -0.25) is 0 Å². The average molecular weight is 260 g/mol. The number of rotatable bonds is 1. The highest BCUT2D eigenvalue weighted by atomic mass is 79.9. The zero-order valence-corrected chi connectivity index (χ0v) is 9.45. The van der Waals surface area contributed by atoms with Gasteiger partial charge < -0.3 is 4.74 Å². The summed E-state index contributed by atoms with van der Waals surface area (Å²) in [5.41, 5.74) is 0.853. The third-order valence-electron chi connectivity index (χ3n) is 1.45. The Balaban J connectivity index is 3.06. The van der Waals surface area contributed by atoms with Gasteiger partial charge in [-0.1, -0.05) is 39.4 Å². The van der Waals surface area contributed by atoms with Gasteiger partial charge in [0.05, 0.1) is 18.0 Å². The highest BCUT2D eigenvalue weighted by Crippen LogP contribution is 2.21. The van der Waals surface area contributed by atoms with Crippen LogP contribution < -0.4 is 4.74 Å². The summed E-state index contributed by atoms with van der Waals surface area (Å²) in [5, 5.41) is 1.31. The summed E-state index contributed by atoms with van der Waals surface area (Å²) < 4.78 is 5.12. The third-order valence-corrected chi connectivity index (χ3v) is 1.97. The van der Waals surface area contributed by atoms with Gasteiger partial charge in [-0.25, -0.2) is 0 Å². The van der Waals surface area contributed by atoms with E-state index in [-0.39, 0.29) is 0 Å². The van der Waals surface area contributed by atoms with Crippen molar-refractivity contribution in [3.8, 4) is 17.6 Å². The highest BCUT2D eigenvalue weighted by Gasteiger charge is 1.99. The fourth-order valence-electron chi connectivity index (χ4n) is 0.897. The van der Waals surface area contributed by atoms with E-state index in [0.29, 0.717) is 16.1 Å². The molecule has 0 spiro atoms. The molecule has 0 aliphatic heterocycles. The monoisotopic (exact) mass is 258 g/mol. The SMILES string of the molecule is COc1cc(Cl)ccc1C#CCBr. The number of methoxy groups -OCH3 is 1. The van der Waals surface area contributed by atoms with Gasteiger partial charge in [0, 0.05) is 11.1 Å². The minimum absolute atomic E-state index is 0.652. The van der Waals surface area contributed by atoms with Crippen molar-refractivity contribution in [3.63, 3.8) is 0 Å². The van der Waals surface area contributed by atoms with Gasteiger partial charge in [0.2, 0.25) is 0 Å². The van der Waals surface area contributed by atoms with Crippen LogP contribution in [0.25, 0.3) is 0 Å². The molecule has 0 bridgehead atoms. The van der Waals surface area contributed by atoms with Gasteiger partial charge in [0.25, 0.3) is 0 Å². The van der Waals surface area contributed by atoms with Crippen molar-refractivity contribution >= 4 is 27.5 Å². The van der Waals surface area contributed by atoms with Gasteiger partial charge in [-0.15, -0.1) is 0 Å². The number of hydrogen-bond donors (Lipinski definition) is 0. The first-order valence-corrected chi connectivity index (χ1v) is 5.16. The molecule has 1 aromatic carbocycles. The molecule has 0 saturated heterocycles. The second kappa shape index (κ2) is 5.16. The molecule has 0 fully saturated rings. The summed E-state index contributed by atoms with van der Waals surface area (Å²) in [6, 6.07) is 5.39. The van der Waals surface area contributed by atoms with E-state index < -0.39 is 0 Å². The molecule has 0 atom stereocenters. The molecular weight excluding hydrogens is 251 g/mol. The van der Waals surface area contributed by atoms with Crippen molar-refractivity contribution in [1.29, 1.82) is 0 Å². The van der Waals surface area contributed by atoms with Crippen LogP contribution in [0, 0.1) is 11.8 Å². The summed E-state index contributed by atoms with van der Waals surface area (Å²) in [6.07, 6.45) is 0. The van der Waals surface area contributed by atoms with Gasteiger partial charge in [-0.05, 0) is 12.1 Å². The topological polar surface area (TPSA) is 9.23 Å². The zero-order valence-electron chi connectivity index (χ0n) is 7.10. The molecule has 0 aromatic heterocycles. The third kappa shape index (κ3) is 2.95. The van der Waals surface area contributed by atoms with Gasteiger partial charge in [-0.2, -0.15) is 0 Å². The smallest absolute Gasteiger partial charge is 0.135 e. The van der Waals surface area contributed by atoms with Gasteiger partial charge >= 0.3 is 0 Å². The Hall–Kier alpha value is -0.650. The van der Waals surface area contributed by atoms with Gasteiger partial charge in [0.1, 0.15) is 5.75 Å². The Morgan fingerprint density at radius 2 is 2.31 bits per heavy atom. The molecule has 0 amide bonds. The summed E-state index contributed by atoms with van der Waals surface area (Å²) in [7, 11) is 1.60. The van der Waals surface area contributed by atoms with Crippen LogP contribution in [-0.4, -0.2) is 12.4 Å². The van der Waals surface area contributed by atoms with Crippen molar-refractivity contribution in [3.05, 3.63) is 28.8 Å². The van der Waals surface area contributed by atoms with Crippen LogP contribution in [0.5, 0.6) is 5.75 Å². The standard InChI is InChI=1S/C10H8BrClO/c1-13-10-7-9(12)5-4-8(10)3-2-6-11/h4-5,7H,6H2,1H3. The number of halogens is 2. The molecule has 68 valence electrons. The maximum Gasteiger partial charge on any atom is 0.135 e. The molecule has 1 aromatic rings. The van der Waals surface area contributed by atoms with E-state index in [1.165, 1.54) is 0 Å². The summed E-state index contributed by atoms with van der Waals surface area (Å²) in [4.78, 5) is 0. The maximum absolute atomic E-state index is 5.79. The lowest BCUT2D eigenvalue weighted by Crippen LogP contribution is -1.87. The molecule has 0 N–H and O–H groups in total. The minimum atomic E-state index is 0.652. The van der Waals surface area contributed by atoms with Crippen LogP contribution in [0.4, 0.5) is 0 Å². The molecule has 0 saturated carbocycles. The Labute approximate surface area is 91.2 Å². The van der Waals surface area contributed by atoms with E-state index in [2.05, 4.69) is 27.8 Å². The number of alkyl halides is 1. The largest absolute Gasteiger partial charge is 0.495 e. The van der Waals surface area contributed by atoms with Crippen LogP contribution >= 0.6 is 27.5 Å². The second-order valence-corrected chi connectivity index (χ2v) is 3.28. The maximum atomic E-state index is 5.79. The normalized spacial score (nSPS) is 8.85. The fourth-order valence-corrected chi connectivity index (χ4v) is 1.20. The Morgan fingerprint density at radius 3 is 2.92 bits per heavy atom. The summed E-state index contributed by atoms with van der Waals surface area (Å²) in [5.74, 6) is 6.57. The molecule has 0 unspecified atom stereocenters. The van der Waals surface area contributed by atoms with Crippen LogP contribution in [-0.2, 0) is 0 Å². The molecule has 0 aliphatic carbocycles. The molecular formula is C10H8BrClO. The molecule has 1 rings (SSSR count). The number of ether oxygens (including phenoxy) is 1. The van der Waals surface area contributed by atoms with Crippen molar-refractivity contribution in [1.82, 2.24) is 0 Å². The van der Waals surface area contributed by atoms with E-state index >= 15 is 0 Å². The van der Waals surface area contributed by atoms with E-state index in [9.17, 15) is 0 Å². The lowest BCUT2D eigenvalue weighted by Gasteiger charge is -2.02. The quantitative estimate of drug-likeness (QED) is 0.556. The lowest BCUT2D eigenvalue weighted by atomic mass is 10.2. The molecule has 3 heteroatoms. The van der Waals surface area contributed by atoms with Crippen molar-refractivity contribution in [2.24, 2.45) is 0 Å². The predicted molar refractivity (Wildman–Crippen MR) is 58.7 cm³/mol. The lowest BCUT2D eigenvalue weighted by molar-refractivity contribution is 0.413. The first-order valence-electron chi connectivity index (χ1n) is 3.66. The Kier molecular flexibility index (Phi) is 4.14. The van der Waals surface area contributed by atoms with Crippen molar-refractivity contribution in [2.45, 2.75) is 0 Å².